The minimum Gasteiger partial charge on any atom is -0.488 e. The lowest BCUT2D eigenvalue weighted by atomic mass is 9.97. The number of aromatic carboxylic acids is 1. The molecule has 1 aromatic heterocycles. The molecule has 0 aliphatic rings. The Morgan fingerprint density at radius 1 is 1.37 bits per heavy atom. The number of nitriles is 1. The van der Waals surface area contributed by atoms with Gasteiger partial charge in [0.15, 0.2) is 11.5 Å². The van der Waals surface area contributed by atoms with Gasteiger partial charge in [0.25, 0.3) is 0 Å². The van der Waals surface area contributed by atoms with E-state index < -0.39 is 5.97 Å². The molecular formula is C20H25N3O4. The van der Waals surface area contributed by atoms with Gasteiger partial charge in [-0.05, 0) is 31.9 Å². The Balaban J connectivity index is 2.52. The van der Waals surface area contributed by atoms with E-state index in [0.717, 1.165) is 12.8 Å². The van der Waals surface area contributed by atoms with Crippen LogP contribution in [0.15, 0.2) is 24.3 Å². The van der Waals surface area contributed by atoms with Crippen molar-refractivity contribution in [1.29, 1.82) is 5.26 Å². The van der Waals surface area contributed by atoms with E-state index in [0.29, 0.717) is 29.3 Å². The average Bonchev–Trinajstić information content (AvgIpc) is 2.99. The normalized spacial score (nSPS) is 12.9. The molecule has 0 radical (unpaired) electrons. The number of aromatic nitrogens is 2. The minimum atomic E-state index is -1.12. The molecule has 1 aromatic carbocycles. The number of imidazole rings is 1. The number of para-hydroxylation sites is 1. The number of hydrogen-bond donors (Lipinski definition) is 1. The first-order valence-electron chi connectivity index (χ1n) is 9.01. The van der Waals surface area contributed by atoms with Crippen LogP contribution in [0, 0.1) is 24.2 Å². The largest absolute Gasteiger partial charge is 0.488 e. The summed E-state index contributed by atoms with van der Waals surface area (Å²) < 4.78 is 7.41. The van der Waals surface area contributed by atoms with Crippen LogP contribution in [-0.2, 0) is 0 Å². The van der Waals surface area contributed by atoms with Crippen molar-refractivity contribution in [2.45, 2.75) is 46.1 Å². The Morgan fingerprint density at radius 3 is 2.63 bits per heavy atom. The molecule has 2 rings (SSSR count). The van der Waals surface area contributed by atoms with Crippen LogP contribution in [0.2, 0.25) is 0 Å². The van der Waals surface area contributed by atoms with Gasteiger partial charge in [-0.1, -0.05) is 32.4 Å². The maximum absolute atomic E-state index is 11.6. The van der Waals surface area contributed by atoms with E-state index in [9.17, 15) is 15.2 Å². The highest BCUT2D eigenvalue weighted by molar-refractivity contribution is 5.88. The summed E-state index contributed by atoms with van der Waals surface area (Å²) in [5, 5.41) is 18.9. The van der Waals surface area contributed by atoms with Crippen LogP contribution in [0.25, 0.3) is 11.4 Å². The van der Waals surface area contributed by atoms with Crippen molar-refractivity contribution in [1.82, 2.24) is 9.71 Å². The Labute approximate surface area is 159 Å². The van der Waals surface area contributed by atoms with Crippen molar-refractivity contribution in [3.8, 4) is 23.2 Å². The van der Waals surface area contributed by atoms with Crippen molar-refractivity contribution in [3.63, 3.8) is 0 Å². The molecule has 2 unspecified atom stereocenters. The molecule has 144 valence electrons. The molecule has 0 spiro atoms. The van der Waals surface area contributed by atoms with E-state index in [1.54, 1.807) is 19.1 Å². The quantitative estimate of drug-likeness (QED) is 0.721. The van der Waals surface area contributed by atoms with Crippen LogP contribution >= 0.6 is 0 Å². The molecule has 2 aromatic rings. The topological polar surface area (TPSA) is 97.4 Å². The lowest BCUT2D eigenvalue weighted by molar-refractivity contribution is 0.0640. The highest BCUT2D eigenvalue weighted by atomic mass is 16.6. The van der Waals surface area contributed by atoms with E-state index in [-0.39, 0.29) is 17.7 Å². The van der Waals surface area contributed by atoms with Crippen molar-refractivity contribution >= 4 is 5.97 Å². The molecule has 2 atom stereocenters. The van der Waals surface area contributed by atoms with Gasteiger partial charge < -0.3 is 14.7 Å². The van der Waals surface area contributed by atoms with Crippen molar-refractivity contribution in [2.24, 2.45) is 5.92 Å². The molecule has 1 N–H and O–H groups in total. The molecule has 0 saturated heterocycles. The van der Waals surface area contributed by atoms with Gasteiger partial charge in [0.1, 0.15) is 19.0 Å². The molecular weight excluding hydrogens is 346 g/mol. The number of aryl methyl sites for hydroxylation is 1. The molecule has 0 saturated carbocycles. The SMILES string of the molecule is CCCC(Oc1ccccc1-c1nc(C)c(C(=O)O)n1OC)C(C#N)CC. The summed E-state index contributed by atoms with van der Waals surface area (Å²) >= 11 is 0. The van der Waals surface area contributed by atoms with Crippen LogP contribution < -0.4 is 9.57 Å². The molecule has 1 heterocycles. The van der Waals surface area contributed by atoms with Gasteiger partial charge in [-0.25, -0.2) is 9.78 Å². The van der Waals surface area contributed by atoms with Crippen LogP contribution in [0.1, 0.15) is 49.3 Å². The van der Waals surface area contributed by atoms with Crippen molar-refractivity contribution in [2.75, 3.05) is 7.11 Å². The zero-order chi connectivity index (χ0) is 20.0. The van der Waals surface area contributed by atoms with Gasteiger partial charge in [-0.3, -0.25) is 0 Å². The van der Waals surface area contributed by atoms with Gasteiger partial charge in [0.05, 0.1) is 23.2 Å². The summed E-state index contributed by atoms with van der Waals surface area (Å²) in [5.74, 6) is -0.449. The predicted molar refractivity (Wildman–Crippen MR) is 101 cm³/mol. The van der Waals surface area contributed by atoms with Gasteiger partial charge in [-0.15, -0.1) is 0 Å². The average molecular weight is 371 g/mol. The van der Waals surface area contributed by atoms with Gasteiger partial charge in [0.2, 0.25) is 0 Å². The van der Waals surface area contributed by atoms with Gasteiger partial charge in [0, 0.05) is 0 Å². The molecule has 7 heteroatoms. The number of benzene rings is 1. The van der Waals surface area contributed by atoms with Gasteiger partial charge in [-0.2, -0.15) is 9.99 Å². The third kappa shape index (κ3) is 4.22. The summed E-state index contributed by atoms with van der Waals surface area (Å²) in [6, 6.07) is 9.57. The summed E-state index contributed by atoms with van der Waals surface area (Å²) in [5.41, 5.74) is 0.933. The fourth-order valence-electron chi connectivity index (χ4n) is 3.08. The number of rotatable bonds is 9. The first-order chi connectivity index (χ1) is 13.0. The molecule has 0 aliphatic heterocycles. The smallest absolute Gasteiger partial charge is 0.357 e. The Morgan fingerprint density at radius 2 is 2.07 bits per heavy atom. The molecule has 27 heavy (non-hydrogen) atoms. The monoisotopic (exact) mass is 371 g/mol. The Kier molecular flexibility index (Phi) is 6.83. The summed E-state index contributed by atoms with van der Waals surface area (Å²) in [7, 11) is 1.39. The van der Waals surface area contributed by atoms with Crippen LogP contribution in [-0.4, -0.2) is 34.0 Å². The molecule has 0 fully saturated rings. The maximum Gasteiger partial charge on any atom is 0.357 e. The van der Waals surface area contributed by atoms with Crippen LogP contribution in [0.3, 0.4) is 0 Å². The fraction of sp³-hybridized carbons (Fsp3) is 0.450. The van der Waals surface area contributed by atoms with E-state index in [1.165, 1.54) is 11.8 Å². The van der Waals surface area contributed by atoms with E-state index in [4.69, 9.17) is 9.57 Å². The highest BCUT2D eigenvalue weighted by Crippen LogP contribution is 2.32. The maximum atomic E-state index is 11.6. The molecule has 0 bridgehead atoms. The van der Waals surface area contributed by atoms with Crippen LogP contribution in [0.5, 0.6) is 5.75 Å². The zero-order valence-corrected chi connectivity index (χ0v) is 16.1. The third-order valence-electron chi connectivity index (χ3n) is 4.43. The van der Waals surface area contributed by atoms with Gasteiger partial charge >= 0.3 is 5.97 Å². The molecule has 7 nitrogen and oxygen atoms in total. The number of ether oxygens (including phenoxy) is 1. The van der Waals surface area contributed by atoms with Crippen LogP contribution in [0.4, 0.5) is 0 Å². The first kappa shape index (κ1) is 20.3. The second-order valence-corrected chi connectivity index (χ2v) is 6.24. The lowest BCUT2D eigenvalue weighted by Gasteiger charge is -2.23. The summed E-state index contributed by atoms with van der Waals surface area (Å²) in [6.07, 6.45) is 2.08. The van der Waals surface area contributed by atoms with Crippen molar-refractivity contribution < 1.29 is 19.5 Å². The van der Waals surface area contributed by atoms with E-state index in [2.05, 4.69) is 11.1 Å². The lowest BCUT2D eigenvalue weighted by Crippen LogP contribution is -2.26. The molecule has 0 amide bonds. The minimum absolute atomic E-state index is 0.0316. The number of carboxylic acid groups (broad SMARTS) is 1. The van der Waals surface area contributed by atoms with E-state index in [1.807, 2.05) is 26.0 Å². The number of carbonyl (C=O) groups is 1. The zero-order valence-electron chi connectivity index (χ0n) is 16.1. The predicted octanol–water partition coefficient (Wildman–Crippen LogP) is 3.71. The number of nitrogens with zero attached hydrogens (tertiary/aromatic N) is 3. The highest BCUT2D eigenvalue weighted by Gasteiger charge is 2.26. The second kappa shape index (κ2) is 9.08. The third-order valence-corrected chi connectivity index (χ3v) is 4.43. The first-order valence-corrected chi connectivity index (χ1v) is 9.01. The number of hydrogen-bond acceptors (Lipinski definition) is 5. The van der Waals surface area contributed by atoms with E-state index >= 15 is 0 Å². The fourth-order valence-corrected chi connectivity index (χ4v) is 3.08. The molecule has 0 aliphatic carbocycles. The summed E-state index contributed by atoms with van der Waals surface area (Å²) in [4.78, 5) is 21.2. The number of carboxylic acids is 1. The Hall–Kier alpha value is -3.01. The van der Waals surface area contributed by atoms with Crippen molar-refractivity contribution in [3.05, 3.63) is 35.7 Å². The summed E-state index contributed by atoms with van der Waals surface area (Å²) in [6.45, 7) is 5.63. The Bertz CT molecular complexity index is 838. The second-order valence-electron chi connectivity index (χ2n) is 6.24. The standard InChI is InChI=1S/C20H25N3O4/c1-5-9-16(14(6-2)12-21)27-17-11-8-7-10-15(17)19-22-13(3)18(20(24)25)23(19)26-4/h7-8,10-11,14,16H,5-6,9H2,1-4H3,(H,24,25).